The molecule has 4 rings (SSSR count). The third-order valence-electron chi connectivity index (χ3n) is 4.15. The summed E-state index contributed by atoms with van der Waals surface area (Å²) in [6.07, 6.45) is 3.45. The standard InChI is InChI=1S/C22H16ClN3OS/c23-16-7-9-17(10-8-16)28-21-12-19(18-5-1-2-6-20(18)26-21)22(27)25-14-15-4-3-11-24-13-15/h1-13H,14H2,(H,25,27). The molecule has 4 aromatic rings. The Morgan fingerprint density at radius 3 is 2.64 bits per heavy atom. The van der Waals surface area contributed by atoms with Crippen molar-refractivity contribution in [1.29, 1.82) is 0 Å². The van der Waals surface area contributed by atoms with Crippen molar-refractivity contribution in [3.05, 3.63) is 95.3 Å². The molecule has 2 heterocycles. The monoisotopic (exact) mass is 405 g/mol. The number of pyridine rings is 2. The Morgan fingerprint density at radius 1 is 1.04 bits per heavy atom. The Morgan fingerprint density at radius 2 is 1.86 bits per heavy atom. The number of halogens is 1. The molecule has 0 bridgehead atoms. The Labute approximate surface area is 172 Å². The van der Waals surface area contributed by atoms with Crippen LogP contribution in [0.4, 0.5) is 0 Å². The highest BCUT2D eigenvalue weighted by molar-refractivity contribution is 7.99. The number of fused-ring (bicyclic) bond motifs is 1. The van der Waals surface area contributed by atoms with Gasteiger partial charge in [0, 0.05) is 34.2 Å². The number of aromatic nitrogens is 2. The van der Waals surface area contributed by atoms with Crippen LogP contribution in [0.3, 0.4) is 0 Å². The van der Waals surface area contributed by atoms with Crippen LogP contribution in [0.5, 0.6) is 0 Å². The van der Waals surface area contributed by atoms with Crippen LogP contribution in [-0.2, 0) is 6.54 Å². The first-order chi connectivity index (χ1) is 13.7. The smallest absolute Gasteiger partial charge is 0.252 e. The van der Waals surface area contributed by atoms with Crippen LogP contribution in [0.25, 0.3) is 10.9 Å². The van der Waals surface area contributed by atoms with E-state index in [1.165, 1.54) is 11.8 Å². The second-order valence-electron chi connectivity index (χ2n) is 6.13. The fourth-order valence-corrected chi connectivity index (χ4v) is 3.76. The zero-order valence-electron chi connectivity index (χ0n) is 14.8. The molecule has 0 aliphatic carbocycles. The minimum Gasteiger partial charge on any atom is -0.348 e. The van der Waals surface area contributed by atoms with Gasteiger partial charge in [-0.25, -0.2) is 4.98 Å². The van der Waals surface area contributed by atoms with Gasteiger partial charge in [-0.3, -0.25) is 9.78 Å². The average Bonchev–Trinajstić information content (AvgIpc) is 2.74. The van der Waals surface area contributed by atoms with Crippen LogP contribution >= 0.6 is 23.4 Å². The van der Waals surface area contributed by atoms with E-state index in [1.54, 1.807) is 12.4 Å². The fourth-order valence-electron chi connectivity index (χ4n) is 2.79. The maximum Gasteiger partial charge on any atom is 0.252 e. The first kappa shape index (κ1) is 18.5. The number of rotatable bonds is 5. The quantitative estimate of drug-likeness (QED) is 0.485. The van der Waals surface area contributed by atoms with Crippen molar-refractivity contribution in [2.24, 2.45) is 0 Å². The van der Waals surface area contributed by atoms with Gasteiger partial charge in [0.25, 0.3) is 5.91 Å². The maximum atomic E-state index is 12.9. The number of nitrogens with one attached hydrogen (secondary N) is 1. The molecule has 138 valence electrons. The molecule has 28 heavy (non-hydrogen) atoms. The second kappa shape index (κ2) is 8.42. The molecule has 0 saturated carbocycles. The fraction of sp³-hybridized carbons (Fsp3) is 0.0455. The lowest BCUT2D eigenvalue weighted by atomic mass is 10.1. The highest BCUT2D eigenvalue weighted by Gasteiger charge is 2.13. The number of hydrogen-bond acceptors (Lipinski definition) is 4. The molecule has 0 fully saturated rings. The van der Waals surface area contributed by atoms with E-state index in [2.05, 4.69) is 10.3 Å². The van der Waals surface area contributed by atoms with Gasteiger partial charge in [-0.15, -0.1) is 0 Å². The normalized spacial score (nSPS) is 10.8. The van der Waals surface area contributed by atoms with Crippen molar-refractivity contribution < 1.29 is 4.79 Å². The molecule has 0 aliphatic heterocycles. The van der Waals surface area contributed by atoms with E-state index in [-0.39, 0.29) is 5.91 Å². The number of carbonyl (C=O) groups excluding carboxylic acids is 1. The summed E-state index contributed by atoms with van der Waals surface area (Å²) in [7, 11) is 0. The van der Waals surface area contributed by atoms with Gasteiger partial charge in [-0.1, -0.05) is 47.6 Å². The number of amides is 1. The average molecular weight is 406 g/mol. The Balaban J connectivity index is 1.64. The largest absolute Gasteiger partial charge is 0.348 e. The summed E-state index contributed by atoms with van der Waals surface area (Å²) in [5, 5.41) is 5.24. The molecular weight excluding hydrogens is 390 g/mol. The summed E-state index contributed by atoms with van der Waals surface area (Å²) < 4.78 is 0. The molecular formula is C22H16ClN3OS. The van der Waals surface area contributed by atoms with E-state index in [9.17, 15) is 4.79 Å². The van der Waals surface area contributed by atoms with Crippen molar-refractivity contribution in [1.82, 2.24) is 15.3 Å². The summed E-state index contributed by atoms with van der Waals surface area (Å²) in [5.74, 6) is -0.139. The highest BCUT2D eigenvalue weighted by atomic mass is 35.5. The predicted octanol–water partition coefficient (Wildman–Crippen LogP) is 5.36. The van der Waals surface area contributed by atoms with Gasteiger partial charge < -0.3 is 5.32 Å². The van der Waals surface area contributed by atoms with Crippen molar-refractivity contribution in [3.63, 3.8) is 0 Å². The van der Waals surface area contributed by atoms with Crippen LogP contribution in [-0.4, -0.2) is 15.9 Å². The van der Waals surface area contributed by atoms with Gasteiger partial charge in [0.15, 0.2) is 0 Å². The topological polar surface area (TPSA) is 54.9 Å². The van der Waals surface area contributed by atoms with Crippen molar-refractivity contribution in [3.8, 4) is 0 Å². The molecule has 0 atom stereocenters. The highest BCUT2D eigenvalue weighted by Crippen LogP contribution is 2.30. The number of benzene rings is 2. The van der Waals surface area contributed by atoms with E-state index < -0.39 is 0 Å². The minimum absolute atomic E-state index is 0.139. The Bertz CT molecular complexity index is 1120. The lowest BCUT2D eigenvalue weighted by Crippen LogP contribution is -2.23. The van der Waals surface area contributed by atoms with Crippen LogP contribution < -0.4 is 5.32 Å². The van der Waals surface area contributed by atoms with Crippen LogP contribution in [0.15, 0.2) is 89.0 Å². The number of hydrogen-bond donors (Lipinski definition) is 1. The summed E-state index contributed by atoms with van der Waals surface area (Å²) in [5.41, 5.74) is 2.34. The lowest BCUT2D eigenvalue weighted by Gasteiger charge is -2.10. The summed E-state index contributed by atoms with van der Waals surface area (Å²) in [6, 6.07) is 20.8. The zero-order chi connectivity index (χ0) is 19.3. The second-order valence-corrected chi connectivity index (χ2v) is 7.66. The van der Waals surface area contributed by atoms with Gasteiger partial charge in [-0.05, 0) is 48.0 Å². The molecule has 6 heteroatoms. The van der Waals surface area contributed by atoms with Gasteiger partial charge >= 0.3 is 0 Å². The zero-order valence-corrected chi connectivity index (χ0v) is 16.4. The first-order valence-corrected chi connectivity index (χ1v) is 9.89. The van der Waals surface area contributed by atoms with Gasteiger partial charge in [-0.2, -0.15) is 0 Å². The van der Waals surface area contributed by atoms with E-state index in [0.29, 0.717) is 17.1 Å². The summed E-state index contributed by atoms with van der Waals surface area (Å²) in [4.78, 5) is 22.7. The first-order valence-electron chi connectivity index (χ1n) is 8.69. The van der Waals surface area contributed by atoms with Crippen LogP contribution in [0.2, 0.25) is 5.02 Å². The molecule has 0 unspecified atom stereocenters. The number of nitrogens with zero attached hydrogens (tertiary/aromatic N) is 2. The maximum absolute atomic E-state index is 12.9. The molecule has 0 aliphatic rings. The van der Waals surface area contributed by atoms with Gasteiger partial charge in [0.05, 0.1) is 11.1 Å². The molecule has 0 spiro atoms. The van der Waals surface area contributed by atoms with E-state index in [0.717, 1.165) is 26.4 Å². The molecule has 2 aromatic heterocycles. The molecule has 1 amide bonds. The minimum atomic E-state index is -0.139. The third-order valence-corrected chi connectivity index (χ3v) is 5.33. The Kier molecular flexibility index (Phi) is 5.55. The molecule has 4 nitrogen and oxygen atoms in total. The predicted molar refractivity (Wildman–Crippen MR) is 113 cm³/mol. The molecule has 2 aromatic carbocycles. The Hall–Kier alpha value is -2.89. The summed E-state index contributed by atoms with van der Waals surface area (Å²) in [6.45, 7) is 0.420. The van der Waals surface area contributed by atoms with Crippen molar-refractivity contribution in [2.75, 3.05) is 0 Å². The SMILES string of the molecule is O=C(NCc1cccnc1)c1cc(Sc2ccc(Cl)cc2)nc2ccccc12. The van der Waals surface area contributed by atoms with Gasteiger partial charge in [0.2, 0.25) is 0 Å². The lowest BCUT2D eigenvalue weighted by molar-refractivity contribution is 0.0952. The molecule has 1 N–H and O–H groups in total. The van der Waals surface area contributed by atoms with Gasteiger partial charge in [0.1, 0.15) is 5.03 Å². The van der Waals surface area contributed by atoms with E-state index in [4.69, 9.17) is 16.6 Å². The summed E-state index contributed by atoms with van der Waals surface area (Å²) >= 11 is 7.46. The van der Waals surface area contributed by atoms with Crippen molar-refractivity contribution >= 4 is 40.2 Å². The van der Waals surface area contributed by atoms with E-state index in [1.807, 2.05) is 66.7 Å². The van der Waals surface area contributed by atoms with Crippen molar-refractivity contribution in [2.45, 2.75) is 16.5 Å². The molecule has 0 radical (unpaired) electrons. The molecule has 0 saturated heterocycles. The van der Waals surface area contributed by atoms with E-state index >= 15 is 0 Å². The van der Waals surface area contributed by atoms with Crippen LogP contribution in [0, 0.1) is 0 Å². The van der Waals surface area contributed by atoms with Crippen LogP contribution in [0.1, 0.15) is 15.9 Å². The number of para-hydroxylation sites is 1. The number of carbonyl (C=O) groups is 1. The third kappa shape index (κ3) is 4.32.